The number of hydrogen-bond donors (Lipinski definition) is 2. The number of nitrogens with one attached hydrogen (secondary N) is 1. The van der Waals surface area contributed by atoms with Crippen LogP contribution in [0.5, 0.6) is 5.75 Å². The first-order chi connectivity index (χ1) is 9.49. The van der Waals surface area contributed by atoms with Crippen molar-refractivity contribution in [3.05, 3.63) is 28.3 Å². The van der Waals surface area contributed by atoms with Crippen molar-refractivity contribution in [2.75, 3.05) is 26.4 Å². The molecule has 2 N–H and O–H groups in total. The minimum Gasteiger partial charge on any atom is -0.473 e. The highest BCUT2D eigenvalue weighted by Crippen LogP contribution is 2.25. The van der Waals surface area contributed by atoms with E-state index in [2.05, 4.69) is 5.32 Å². The smallest absolute Gasteiger partial charge is 0.320 e. The second kappa shape index (κ2) is 7.97. The van der Waals surface area contributed by atoms with Gasteiger partial charge in [-0.25, -0.2) is 4.79 Å². The number of ether oxygens (including phenoxy) is 1. The third kappa shape index (κ3) is 4.58. The molecule has 2 amide bonds. The summed E-state index contributed by atoms with van der Waals surface area (Å²) in [7, 11) is 0. The van der Waals surface area contributed by atoms with Gasteiger partial charge in [0.2, 0.25) is 0 Å². The second-order valence-corrected chi connectivity index (χ2v) is 4.82. The standard InChI is InChI=1S/C14H21ClN2O3/c1-4-17(5-6-18)14(19)16-9-20-12-7-10(2)13(15)11(3)8-12/h7-8,18H,4-6,9H2,1-3H3,(H,16,19). The Morgan fingerprint density at radius 3 is 2.50 bits per heavy atom. The van der Waals surface area contributed by atoms with Crippen molar-refractivity contribution in [3.63, 3.8) is 0 Å². The van der Waals surface area contributed by atoms with Gasteiger partial charge in [0.05, 0.1) is 6.61 Å². The molecule has 0 saturated heterocycles. The average Bonchev–Trinajstić information content (AvgIpc) is 2.41. The van der Waals surface area contributed by atoms with Crippen molar-refractivity contribution < 1.29 is 14.6 Å². The lowest BCUT2D eigenvalue weighted by Gasteiger charge is -2.20. The number of aryl methyl sites for hydroxylation is 2. The van der Waals surface area contributed by atoms with Gasteiger partial charge in [0.1, 0.15) is 5.75 Å². The van der Waals surface area contributed by atoms with E-state index in [-0.39, 0.29) is 19.4 Å². The molecule has 0 aromatic heterocycles. The van der Waals surface area contributed by atoms with Gasteiger partial charge in [0, 0.05) is 18.1 Å². The van der Waals surface area contributed by atoms with E-state index in [4.69, 9.17) is 21.4 Å². The van der Waals surface area contributed by atoms with E-state index in [1.165, 1.54) is 4.90 Å². The highest BCUT2D eigenvalue weighted by atomic mass is 35.5. The Morgan fingerprint density at radius 2 is 2.00 bits per heavy atom. The van der Waals surface area contributed by atoms with E-state index in [1.54, 1.807) is 0 Å². The normalized spacial score (nSPS) is 10.2. The Kier molecular flexibility index (Phi) is 6.61. The number of rotatable bonds is 6. The first-order valence-corrected chi connectivity index (χ1v) is 6.90. The van der Waals surface area contributed by atoms with Crippen LogP contribution in [-0.4, -0.2) is 42.5 Å². The summed E-state index contributed by atoms with van der Waals surface area (Å²) < 4.78 is 5.49. The highest BCUT2D eigenvalue weighted by molar-refractivity contribution is 6.32. The number of likely N-dealkylation sites (N-methyl/N-ethyl adjacent to an activating group) is 1. The fourth-order valence-electron chi connectivity index (χ4n) is 1.81. The van der Waals surface area contributed by atoms with Crippen LogP contribution < -0.4 is 10.1 Å². The first-order valence-electron chi connectivity index (χ1n) is 6.52. The van der Waals surface area contributed by atoms with Gasteiger partial charge in [-0.3, -0.25) is 0 Å². The van der Waals surface area contributed by atoms with Crippen LogP contribution in [0.3, 0.4) is 0 Å². The van der Waals surface area contributed by atoms with Crippen molar-refractivity contribution in [2.45, 2.75) is 20.8 Å². The largest absolute Gasteiger partial charge is 0.473 e. The molecule has 0 spiro atoms. The maximum absolute atomic E-state index is 11.7. The number of aliphatic hydroxyl groups excluding tert-OH is 1. The van der Waals surface area contributed by atoms with Gasteiger partial charge in [-0.2, -0.15) is 0 Å². The molecule has 1 rings (SSSR count). The number of urea groups is 1. The lowest BCUT2D eigenvalue weighted by Crippen LogP contribution is -2.42. The van der Waals surface area contributed by atoms with E-state index in [9.17, 15) is 4.79 Å². The van der Waals surface area contributed by atoms with Crippen LogP contribution in [0.15, 0.2) is 12.1 Å². The van der Waals surface area contributed by atoms with Crippen LogP contribution >= 0.6 is 11.6 Å². The number of aliphatic hydroxyl groups is 1. The SMILES string of the molecule is CCN(CCO)C(=O)NCOc1cc(C)c(Cl)c(C)c1. The molecule has 0 bridgehead atoms. The van der Waals surface area contributed by atoms with Crippen molar-refractivity contribution in [2.24, 2.45) is 0 Å². The third-order valence-electron chi connectivity index (χ3n) is 2.91. The molecule has 1 aromatic rings. The zero-order valence-corrected chi connectivity index (χ0v) is 12.8. The molecular formula is C14H21ClN2O3. The molecule has 112 valence electrons. The molecule has 20 heavy (non-hydrogen) atoms. The molecule has 0 fully saturated rings. The fraction of sp³-hybridized carbons (Fsp3) is 0.500. The molecular weight excluding hydrogens is 280 g/mol. The van der Waals surface area contributed by atoms with Crippen LogP contribution in [0.2, 0.25) is 5.02 Å². The van der Waals surface area contributed by atoms with Crippen LogP contribution in [0, 0.1) is 13.8 Å². The summed E-state index contributed by atoms with van der Waals surface area (Å²) in [6.07, 6.45) is 0. The van der Waals surface area contributed by atoms with Crippen molar-refractivity contribution in [3.8, 4) is 5.75 Å². The monoisotopic (exact) mass is 300 g/mol. The predicted molar refractivity (Wildman–Crippen MR) is 79.3 cm³/mol. The maximum atomic E-state index is 11.7. The van der Waals surface area contributed by atoms with Gasteiger partial charge in [-0.05, 0) is 44.0 Å². The predicted octanol–water partition coefficient (Wildman–Crippen LogP) is 2.32. The van der Waals surface area contributed by atoms with Gasteiger partial charge < -0.3 is 20.1 Å². The van der Waals surface area contributed by atoms with Gasteiger partial charge in [-0.15, -0.1) is 0 Å². The van der Waals surface area contributed by atoms with E-state index in [1.807, 2.05) is 32.9 Å². The Bertz CT molecular complexity index is 443. The zero-order valence-electron chi connectivity index (χ0n) is 12.1. The van der Waals surface area contributed by atoms with Crippen molar-refractivity contribution in [1.82, 2.24) is 10.2 Å². The number of hydrogen-bond acceptors (Lipinski definition) is 3. The van der Waals surface area contributed by atoms with E-state index in [0.717, 1.165) is 16.1 Å². The van der Waals surface area contributed by atoms with E-state index in [0.29, 0.717) is 18.8 Å². The van der Waals surface area contributed by atoms with Gasteiger partial charge in [0.15, 0.2) is 6.73 Å². The van der Waals surface area contributed by atoms with Crippen molar-refractivity contribution in [1.29, 1.82) is 0 Å². The lowest BCUT2D eigenvalue weighted by atomic mass is 10.1. The molecule has 0 heterocycles. The minimum absolute atomic E-state index is 0.0578. The fourth-order valence-corrected chi connectivity index (χ4v) is 1.92. The third-order valence-corrected chi connectivity index (χ3v) is 3.51. The topological polar surface area (TPSA) is 61.8 Å². The summed E-state index contributed by atoms with van der Waals surface area (Å²) in [5, 5.41) is 12.2. The summed E-state index contributed by atoms with van der Waals surface area (Å²) in [4.78, 5) is 13.2. The summed E-state index contributed by atoms with van der Waals surface area (Å²) >= 11 is 6.07. The molecule has 0 saturated carbocycles. The molecule has 0 radical (unpaired) electrons. The molecule has 0 aliphatic carbocycles. The quantitative estimate of drug-likeness (QED) is 0.793. The molecule has 5 nitrogen and oxygen atoms in total. The summed E-state index contributed by atoms with van der Waals surface area (Å²) in [6.45, 7) is 6.51. The Hall–Kier alpha value is -1.46. The Morgan fingerprint density at radius 1 is 1.40 bits per heavy atom. The maximum Gasteiger partial charge on any atom is 0.320 e. The Balaban J connectivity index is 2.50. The number of carbonyl (C=O) groups is 1. The number of amides is 2. The minimum atomic E-state index is -0.260. The van der Waals surface area contributed by atoms with E-state index >= 15 is 0 Å². The van der Waals surface area contributed by atoms with Crippen LogP contribution in [-0.2, 0) is 0 Å². The van der Waals surface area contributed by atoms with Crippen molar-refractivity contribution >= 4 is 17.6 Å². The summed E-state index contributed by atoms with van der Waals surface area (Å²) in [5.41, 5.74) is 1.87. The molecule has 0 aliphatic rings. The molecule has 6 heteroatoms. The molecule has 0 unspecified atom stereocenters. The van der Waals surface area contributed by atoms with Gasteiger partial charge in [-0.1, -0.05) is 11.6 Å². The molecule has 0 atom stereocenters. The van der Waals surface area contributed by atoms with Gasteiger partial charge in [0.25, 0.3) is 0 Å². The molecule has 0 aliphatic heterocycles. The summed E-state index contributed by atoms with van der Waals surface area (Å²) in [6, 6.07) is 3.39. The van der Waals surface area contributed by atoms with E-state index < -0.39 is 0 Å². The molecule has 1 aromatic carbocycles. The number of benzene rings is 1. The average molecular weight is 301 g/mol. The second-order valence-electron chi connectivity index (χ2n) is 4.44. The zero-order chi connectivity index (χ0) is 15.1. The number of carbonyl (C=O) groups excluding carboxylic acids is 1. The van der Waals surface area contributed by atoms with Crippen LogP contribution in [0.1, 0.15) is 18.1 Å². The number of nitrogens with zero attached hydrogens (tertiary/aromatic N) is 1. The number of halogens is 1. The van der Waals surface area contributed by atoms with Crippen LogP contribution in [0.4, 0.5) is 4.79 Å². The lowest BCUT2D eigenvalue weighted by molar-refractivity contribution is 0.170. The summed E-state index contributed by atoms with van der Waals surface area (Å²) in [5.74, 6) is 0.662. The Labute approximate surface area is 124 Å². The first kappa shape index (κ1) is 16.6. The highest BCUT2D eigenvalue weighted by Gasteiger charge is 2.10. The van der Waals surface area contributed by atoms with Crippen LogP contribution in [0.25, 0.3) is 0 Å². The van der Waals surface area contributed by atoms with Gasteiger partial charge >= 0.3 is 6.03 Å².